The van der Waals surface area contributed by atoms with Gasteiger partial charge in [0.1, 0.15) is 7.11 Å². The predicted molar refractivity (Wildman–Crippen MR) is 59.9 cm³/mol. The van der Waals surface area contributed by atoms with E-state index in [0.717, 1.165) is 19.1 Å². The molecule has 6 heteroatoms. The van der Waals surface area contributed by atoms with E-state index < -0.39 is 12.3 Å². The number of esters is 1. The molecular weight excluding hydrogens is 214 g/mol. The van der Waals surface area contributed by atoms with Crippen molar-refractivity contribution < 1.29 is 24.6 Å². The van der Waals surface area contributed by atoms with Crippen LogP contribution in [-0.2, 0) is 14.4 Å². The van der Waals surface area contributed by atoms with Crippen LogP contribution in [0.15, 0.2) is 5.16 Å². The van der Waals surface area contributed by atoms with E-state index >= 15 is 0 Å². The number of oxime groups is 1. The molecule has 0 aromatic carbocycles. The maximum atomic E-state index is 10.5. The number of hydrogen-bond acceptors (Lipinski definition) is 6. The SMILES string of the molecule is CCCC(O)O.CCCOC(=O)C=NOC. The third-order valence-corrected chi connectivity index (χ3v) is 1.26. The van der Waals surface area contributed by atoms with Gasteiger partial charge in [0.05, 0.1) is 6.61 Å². The average Bonchev–Trinajstić information content (AvgIpc) is 2.24. The Morgan fingerprint density at radius 2 is 2.00 bits per heavy atom. The Balaban J connectivity index is 0. The van der Waals surface area contributed by atoms with Crippen LogP contribution >= 0.6 is 0 Å². The van der Waals surface area contributed by atoms with Gasteiger partial charge in [-0.2, -0.15) is 0 Å². The molecule has 0 radical (unpaired) electrons. The monoisotopic (exact) mass is 235 g/mol. The van der Waals surface area contributed by atoms with Gasteiger partial charge in [-0.05, 0) is 12.8 Å². The molecule has 0 rings (SSSR count). The minimum atomic E-state index is -1.10. The number of carbonyl (C=O) groups is 1. The van der Waals surface area contributed by atoms with Gasteiger partial charge in [-0.25, -0.2) is 4.79 Å². The van der Waals surface area contributed by atoms with Crippen LogP contribution in [-0.4, -0.2) is 42.4 Å². The second kappa shape index (κ2) is 13.9. The number of rotatable bonds is 6. The fraction of sp³-hybridized carbons (Fsp3) is 0.800. The molecular formula is C10H21NO5. The summed E-state index contributed by atoms with van der Waals surface area (Å²) in [5.41, 5.74) is 0. The lowest BCUT2D eigenvalue weighted by molar-refractivity contribution is -0.135. The van der Waals surface area contributed by atoms with E-state index in [0.29, 0.717) is 13.0 Å². The number of aliphatic hydroxyl groups excluding tert-OH is 1. The lowest BCUT2D eigenvalue weighted by Crippen LogP contribution is -2.06. The molecule has 16 heavy (non-hydrogen) atoms. The topological polar surface area (TPSA) is 88.3 Å². The second-order valence-corrected chi connectivity index (χ2v) is 2.85. The fourth-order valence-corrected chi connectivity index (χ4v) is 0.594. The van der Waals surface area contributed by atoms with Gasteiger partial charge in [0.2, 0.25) is 0 Å². The number of carbonyl (C=O) groups excluding carboxylic acids is 1. The van der Waals surface area contributed by atoms with Crippen molar-refractivity contribution >= 4 is 12.2 Å². The first-order valence-electron chi connectivity index (χ1n) is 5.17. The van der Waals surface area contributed by atoms with Crippen molar-refractivity contribution in [2.45, 2.75) is 39.4 Å². The normalized spacial score (nSPS) is 9.88. The summed E-state index contributed by atoms with van der Waals surface area (Å²) in [7, 11) is 1.36. The van der Waals surface area contributed by atoms with Crippen molar-refractivity contribution in [2.24, 2.45) is 5.16 Å². The summed E-state index contributed by atoms with van der Waals surface area (Å²) in [6.45, 7) is 4.24. The Morgan fingerprint density at radius 3 is 2.31 bits per heavy atom. The number of ether oxygens (including phenoxy) is 1. The lowest BCUT2D eigenvalue weighted by atomic mass is 10.3. The molecule has 0 saturated carbocycles. The molecule has 0 spiro atoms. The summed E-state index contributed by atoms with van der Waals surface area (Å²) >= 11 is 0. The van der Waals surface area contributed by atoms with Gasteiger partial charge < -0.3 is 19.8 Å². The van der Waals surface area contributed by atoms with E-state index in [-0.39, 0.29) is 0 Å². The molecule has 96 valence electrons. The molecule has 0 heterocycles. The van der Waals surface area contributed by atoms with Crippen molar-refractivity contribution in [2.75, 3.05) is 13.7 Å². The second-order valence-electron chi connectivity index (χ2n) is 2.85. The highest BCUT2D eigenvalue weighted by Crippen LogP contribution is 1.88. The average molecular weight is 235 g/mol. The Morgan fingerprint density at radius 1 is 1.38 bits per heavy atom. The van der Waals surface area contributed by atoms with Gasteiger partial charge in [-0.1, -0.05) is 25.4 Å². The molecule has 0 fully saturated rings. The van der Waals surface area contributed by atoms with E-state index in [9.17, 15) is 4.79 Å². The van der Waals surface area contributed by atoms with Gasteiger partial charge in [-0.15, -0.1) is 0 Å². The van der Waals surface area contributed by atoms with E-state index in [1.807, 2.05) is 13.8 Å². The molecule has 0 saturated heterocycles. The largest absolute Gasteiger partial charge is 0.461 e. The maximum absolute atomic E-state index is 10.5. The van der Waals surface area contributed by atoms with Crippen LogP contribution in [0, 0.1) is 0 Å². The van der Waals surface area contributed by atoms with Gasteiger partial charge in [0, 0.05) is 0 Å². The van der Waals surface area contributed by atoms with Crippen LogP contribution in [0.4, 0.5) is 0 Å². The molecule has 0 unspecified atom stereocenters. The van der Waals surface area contributed by atoms with Crippen LogP contribution in [0.5, 0.6) is 0 Å². The summed E-state index contributed by atoms with van der Waals surface area (Å²) in [6, 6.07) is 0. The van der Waals surface area contributed by atoms with Crippen molar-refractivity contribution in [3.05, 3.63) is 0 Å². The van der Waals surface area contributed by atoms with Crippen LogP contribution in [0.2, 0.25) is 0 Å². The Labute approximate surface area is 95.9 Å². The highest BCUT2D eigenvalue weighted by Gasteiger charge is 1.94. The lowest BCUT2D eigenvalue weighted by Gasteiger charge is -1.95. The van der Waals surface area contributed by atoms with Crippen molar-refractivity contribution in [3.63, 3.8) is 0 Å². The third kappa shape index (κ3) is 18.6. The zero-order valence-electron chi connectivity index (χ0n) is 10.0. The van der Waals surface area contributed by atoms with Gasteiger partial charge in [0.25, 0.3) is 0 Å². The number of nitrogens with zero attached hydrogens (tertiary/aromatic N) is 1. The third-order valence-electron chi connectivity index (χ3n) is 1.26. The Kier molecular flexibility index (Phi) is 15.0. The highest BCUT2D eigenvalue weighted by molar-refractivity contribution is 6.22. The van der Waals surface area contributed by atoms with E-state index in [2.05, 4.69) is 14.7 Å². The minimum Gasteiger partial charge on any atom is -0.461 e. The predicted octanol–water partition coefficient (Wildman–Crippen LogP) is 0.669. The highest BCUT2D eigenvalue weighted by atomic mass is 16.6. The van der Waals surface area contributed by atoms with Crippen LogP contribution in [0.25, 0.3) is 0 Å². The Bertz CT molecular complexity index is 182. The summed E-state index contributed by atoms with van der Waals surface area (Å²) in [6.07, 6.45) is 2.02. The summed E-state index contributed by atoms with van der Waals surface area (Å²) < 4.78 is 4.62. The van der Waals surface area contributed by atoms with E-state index in [1.165, 1.54) is 7.11 Å². The fourth-order valence-electron chi connectivity index (χ4n) is 0.594. The summed E-state index contributed by atoms with van der Waals surface area (Å²) in [5, 5.41) is 19.4. The van der Waals surface area contributed by atoms with E-state index in [4.69, 9.17) is 10.2 Å². The molecule has 0 atom stereocenters. The molecule has 0 aliphatic rings. The molecule has 6 nitrogen and oxygen atoms in total. The molecule has 0 aromatic rings. The number of hydrogen-bond donors (Lipinski definition) is 2. The van der Waals surface area contributed by atoms with Crippen LogP contribution < -0.4 is 0 Å². The first kappa shape index (κ1) is 17.3. The first-order valence-corrected chi connectivity index (χ1v) is 5.17. The summed E-state index contributed by atoms with van der Waals surface area (Å²) in [4.78, 5) is 14.8. The molecule has 0 aliphatic heterocycles. The van der Waals surface area contributed by atoms with Crippen molar-refractivity contribution in [1.29, 1.82) is 0 Å². The molecule has 0 aliphatic carbocycles. The first-order chi connectivity index (χ1) is 7.58. The molecule has 2 N–H and O–H groups in total. The summed E-state index contributed by atoms with van der Waals surface area (Å²) in [5.74, 6) is -0.469. The standard InChI is InChI=1S/C6H11NO3.C4H10O2/c1-3-4-10-6(8)5-7-9-2;1-2-3-4(5)6/h5H,3-4H2,1-2H3;4-6H,2-3H2,1H3. The molecule has 0 bridgehead atoms. The van der Waals surface area contributed by atoms with Crippen LogP contribution in [0.1, 0.15) is 33.1 Å². The smallest absolute Gasteiger partial charge is 0.352 e. The number of aliphatic hydroxyl groups is 2. The van der Waals surface area contributed by atoms with Gasteiger partial charge in [-0.3, -0.25) is 0 Å². The quantitative estimate of drug-likeness (QED) is 0.306. The Hall–Kier alpha value is -1.14. The minimum absolute atomic E-state index is 0.425. The molecule has 0 amide bonds. The van der Waals surface area contributed by atoms with Crippen molar-refractivity contribution in [3.8, 4) is 0 Å². The van der Waals surface area contributed by atoms with Gasteiger partial charge in [0.15, 0.2) is 12.5 Å². The van der Waals surface area contributed by atoms with Crippen molar-refractivity contribution in [1.82, 2.24) is 0 Å². The van der Waals surface area contributed by atoms with E-state index in [1.54, 1.807) is 0 Å². The maximum Gasteiger partial charge on any atom is 0.352 e. The van der Waals surface area contributed by atoms with Gasteiger partial charge >= 0.3 is 5.97 Å². The zero-order valence-corrected chi connectivity index (χ0v) is 10.0. The van der Waals surface area contributed by atoms with Crippen LogP contribution in [0.3, 0.4) is 0 Å². The molecule has 0 aromatic heterocycles. The zero-order chi connectivity index (χ0) is 12.8.